The molecule has 154 valence electrons. The Morgan fingerprint density at radius 2 is 1.69 bits per heavy atom. The molecule has 6 heteroatoms. The van der Waals surface area contributed by atoms with Gasteiger partial charge in [-0.3, -0.25) is 4.79 Å². The van der Waals surface area contributed by atoms with E-state index in [0.29, 0.717) is 30.8 Å². The SMILES string of the molecule is Cc1ccc(S(=O)(=O)N2CCC(C(=O)N[C@@H]3CCCc4ccccc43)CC2)cc1. The van der Waals surface area contributed by atoms with Crippen molar-refractivity contribution in [3.05, 3.63) is 65.2 Å². The maximum atomic E-state index is 12.9. The van der Waals surface area contributed by atoms with E-state index in [0.717, 1.165) is 24.8 Å². The predicted octanol–water partition coefficient (Wildman–Crippen LogP) is 3.59. The van der Waals surface area contributed by atoms with Crippen LogP contribution in [0.5, 0.6) is 0 Å². The number of nitrogens with zero attached hydrogens (tertiary/aromatic N) is 1. The highest BCUT2D eigenvalue weighted by Gasteiger charge is 2.33. The largest absolute Gasteiger partial charge is 0.349 e. The second-order valence-corrected chi connectivity index (χ2v) is 10.1. The molecule has 1 saturated heterocycles. The number of hydrogen-bond acceptors (Lipinski definition) is 3. The lowest BCUT2D eigenvalue weighted by atomic mass is 9.87. The molecule has 0 bridgehead atoms. The van der Waals surface area contributed by atoms with Gasteiger partial charge >= 0.3 is 0 Å². The third-order valence-electron chi connectivity index (χ3n) is 6.17. The Kier molecular flexibility index (Phi) is 5.74. The van der Waals surface area contributed by atoms with Gasteiger partial charge in [0, 0.05) is 19.0 Å². The summed E-state index contributed by atoms with van der Waals surface area (Å²) in [6, 6.07) is 15.3. The van der Waals surface area contributed by atoms with E-state index >= 15 is 0 Å². The predicted molar refractivity (Wildman–Crippen MR) is 113 cm³/mol. The minimum absolute atomic E-state index is 0.0547. The summed E-state index contributed by atoms with van der Waals surface area (Å²) in [6.07, 6.45) is 4.23. The van der Waals surface area contributed by atoms with E-state index in [-0.39, 0.29) is 17.9 Å². The second-order valence-electron chi connectivity index (χ2n) is 8.14. The van der Waals surface area contributed by atoms with Crippen molar-refractivity contribution in [1.29, 1.82) is 0 Å². The molecule has 0 unspecified atom stereocenters. The van der Waals surface area contributed by atoms with Crippen LogP contribution in [0.25, 0.3) is 0 Å². The zero-order valence-corrected chi connectivity index (χ0v) is 17.6. The molecular weight excluding hydrogens is 384 g/mol. The van der Waals surface area contributed by atoms with Gasteiger partial charge in [0.05, 0.1) is 10.9 Å². The molecular formula is C23H28N2O3S. The summed E-state index contributed by atoms with van der Waals surface area (Å²) in [5, 5.41) is 3.23. The van der Waals surface area contributed by atoms with Crippen molar-refractivity contribution in [2.45, 2.75) is 50.0 Å². The minimum Gasteiger partial charge on any atom is -0.349 e. The molecule has 2 aromatic rings. The van der Waals surface area contributed by atoms with Crippen LogP contribution in [-0.4, -0.2) is 31.7 Å². The van der Waals surface area contributed by atoms with Gasteiger partial charge < -0.3 is 5.32 Å². The van der Waals surface area contributed by atoms with Crippen LogP contribution in [0.3, 0.4) is 0 Å². The number of carbonyl (C=O) groups excluding carboxylic acids is 1. The van der Waals surface area contributed by atoms with Crippen LogP contribution >= 0.6 is 0 Å². The van der Waals surface area contributed by atoms with E-state index in [4.69, 9.17) is 0 Å². The molecule has 5 nitrogen and oxygen atoms in total. The Bertz CT molecular complexity index is 977. The van der Waals surface area contributed by atoms with Gasteiger partial charge in [-0.15, -0.1) is 0 Å². The highest BCUT2D eigenvalue weighted by atomic mass is 32.2. The van der Waals surface area contributed by atoms with Gasteiger partial charge in [0.15, 0.2) is 0 Å². The van der Waals surface area contributed by atoms with Crippen LogP contribution < -0.4 is 5.32 Å². The average molecular weight is 413 g/mol. The highest BCUT2D eigenvalue weighted by Crippen LogP contribution is 2.31. The van der Waals surface area contributed by atoms with E-state index in [1.165, 1.54) is 15.4 Å². The number of amides is 1. The number of sulfonamides is 1. The normalized spacial score (nSPS) is 20.8. The molecule has 0 spiro atoms. The highest BCUT2D eigenvalue weighted by molar-refractivity contribution is 7.89. The number of rotatable bonds is 4. The fourth-order valence-electron chi connectivity index (χ4n) is 4.41. The Labute approximate surface area is 173 Å². The number of piperidine rings is 1. The molecule has 0 aromatic heterocycles. The van der Waals surface area contributed by atoms with Crippen LogP contribution in [-0.2, 0) is 21.2 Å². The van der Waals surface area contributed by atoms with Crippen molar-refractivity contribution in [2.24, 2.45) is 5.92 Å². The van der Waals surface area contributed by atoms with E-state index in [2.05, 4.69) is 17.4 Å². The van der Waals surface area contributed by atoms with Gasteiger partial charge in [0.2, 0.25) is 15.9 Å². The smallest absolute Gasteiger partial charge is 0.243 e. The van der Waals surface area contributed by atoms with E-state index in [9.17, 15) is 13.2 Å². The zero-order chi connectivity index (χ0) is 20.4. The lowest BCUT2D eigenvalue weighted by Gasteiger charge is -2.32. The first-order valence-electron chi connectivity index (χ1n) is 10.4. The van der Waals surface area contributed by atoms with Gasteiger partial charge in [0.1, 0.15) is 0 Å². The molecule has 1 N–H and O–H groups in total. The molecule has 0 radical (unpaired) electrons. The molecule has 1 amide bonds. The lowest BCUT2D eigenvalue weighted by molar-refractivity contribution is -0.127. The van der Waals surface area contributed by atoms with E-state index < -0.39 is 10.0 Å². The van der Waals surface area contributed by atoms with Crippen LogP contribution in [0.1, 0.15) is 48.4 Å². The van der Waals surface area contributed by atoms with E-state index in [1.807, 2.05) is 31.2 Å². The Balaban J connectivity index is 1.37. The Morgan fingerprint density at radius 1 is 1.00 bits per heavy atom. The number of fused-ring (bicyclic) bond motifs is 1. The number of benzene rings is 2. The fraction of sp³-hybridized carbons (Fsp3) is 0.435. The molecule has 1 aliphatic heterocycles. The summed E-state index contributed by atoms with van der Waals surface area (Å²) in [5.74, 6) is -0.0763. The molecule has 0 saturated carbocycles. The summed E-state index contributed by atoms with van der Waals surface area (Å²) in [6.45, 7) is 2.70. The first-order chi connectivity index (χ1) is 13.9. The number of nitrogens with one attached hydrogen (secondary N) is 1. The Hall–Kier alpha value is -2.18. The standard InChI is InChI=1S/C23H28N2O3S/c1-17-9-11-20(12-10-17)29(27,28)25-15-13-19(14-16-25)23(26)24-22-8-4-6-18-5-2-3-7-21(18)22/h2-3,5,7,9-12,19,22H,4,6,8,13-16H2,1H3,(H,24,26)/t22-/m1/s1. The van der Waals surface area contributed by atoms with Gasteiger partial charge in [-0.25, -0.2) is 8.42 Å². The molecule has 4 rings (SSSR count). The van der Waals surface area contributed by atoms with Gasteiger partial charge in [-0.1, -0.05) is 42.0 Å². The summed E-state index contributed by atoms with van der Waals surface area (Å²) < 4.78 is 27.2. The summed E-state index contributed by atoms with van der Waals surface area (Å²) in [7, 11) is -3.49. The fourth-order valence-corrected chi connectivity index (χ4v) is 5.88. The van der Waals surface area contributed by atoms with Gasteiger partial charge in [-0.2, -0.15) is 4.31 Å². The number of carbonyl (C=O) groups is 1. The topological polar surface area (TPSA) is 66.5 Å². The van der Waals surface area contributed by atoms with Crippen LogP contribution in [0.4, 0.5) is 0 Å². The molecule has 2 aliphatic rings. The van der Waals surface area contributed by atoms with E-state index in [1.54, 1.807) is 12.1 Å². The first kappa shape index (κ1) is 20.1. The summed E-state index contributed by atoms with van der Waals surface area (Å²) >= 11 is 0. The minimum atomic E-state index is -3.49. The molecule has 1 fully saturated rings. The summed E-state index contributed by atoms with van der Waals surface area (Å²) in [4.78, 5) is 13.2. The molecule has 29 heavy (non-hydrogen) atoms. The molecule has 2 aromatic carbocycles. The maximum Gasteiger partial charge on any atom is 0.243 e. The third kappa shape index (κ3) is 4.23. The van der Waals surface area contributed by atoms with Crippen LogP contribution in [0.15, 0.2) is 53.4 Å². The van der Waals surface area contributed by atoms with Crippen LogP contribution in [0, 0.1) is 12.8 Å². The quantitative estimate of drug-likeness (QED) is 0.835. The van der Waals surface area contributed by atoms with Crippen LogP contribution in [0.2, 0.25) is 0 Å². The summed E-state index contributed by atoms with van der Waals surface area (Å²) in [5.41, 5.74) is 3.58. The molecule has 1 heterocycles. The molecule has 1 atom stereocenters. The third-order valence-corrected chi connectivity index (χ3v) is 8.08. The van der Waals surface area contributed by atoms with Gasteiger partial charge in [-0.05, 0) is 62.3 Å². The second kappa shape index (κ2) is 8.28. The van der Waals surface area contributed by atoms with Crippen molar-refractivity contribution >= 4 is 15.9 Å². The lowest BCUT2D eigenvalue weighted by Crippen LogP contribution is -2.44. The van der Waals surface area contributed by atoms with Crippen molar-refractivity contribution < 1.29 is 13.2 Å². The first-order valence-corrected chi connectivity index (χ1v) is 11.8. The number of aryl methyl sites for hydroxylation is 2. The average Bonchev–Trinajstić information content (AvgIpc) is 2.74. The zero-order valence-electron chi connectivity index (χ0n) is 16.8. The monoisotopic (exact) mass is 412 g/mol. The Morgan fingerprint density at radius 3 is 2.41 bits per heavy atom. The van der Waals surface area contributed by atoms with Crippen molar-refractivity contribution in [3.63, 3.8) is 0 Å². The van der Waals surface area contributed by atoms with Crippen molar-refractivity contribution in [1.82, 2.24) is 9.62 Å². The van der Waals surface area contributed by atoms with Gasteiger partial charge in [0.25, 0.3) is 0 Å². The van der Waals surface area contributed by atoms with Crippen molar-refractivity contribution in [2.75, 3.05) is 13.1 Å². The number of hydrogen-bond donors (Lipinski definition) is 1. The van der Waals surface area contributed by atoms with Crippen molar-refractivity contribution in [3.8, 4) is 0 Å². The molecule has 1 aliphatic carbocycles. The maximum absolute atomic E-state index is 12.9.